The van der Waals surface area contributed by atoms with E-state index in [9.17, 15) is 8.42 Å². The molecule has 26 heavy (non-hydrogen) atoms. The molecule has 0 aliphatic carbocycles. The fraction of sp³-hybridized carbons (Fsp3) is 0.429. The fourth-order valence-corrected chi connectivity index (χ4v) is 5.51. The van der Waals surface area contributed by atoms with Gasteiger partial charge in [0.25, 0.3) is 0 Å². The monoisotopic (exact) mass is 370 g/mol. The fourth-order valence-electron chi connectivity index (χ4n) is 4.22. The van der Waals surface area contributed by atoms with E-state index in [0.29, 0.717) is 21.8 Å². The predicted octanol–water partition coefficient (Wildman–Crippen LogP) is 3.82. The van der Waals surface area contributed by atoms with Crippen molar-refractivity contribution in [3.8, 4) is 0 Å². The number of likely N-dealkylation sites (tertiary alicyclic amines) is 1. The minimum atomic E-state index is -3.48. The van der Waals surface area contributed by atoms with Gasteiger partial charge in [0.05, 0.1) is 9.79 Å². The second-order valence-electron chi connectivity index (χ2n) is 7.43. The van der Waals surface area contributed by atoms with Crippen molar-refractivity contribution in [3.63, 3.8) is 0 Å². The topological polar surface area (TPSA) is 49.4 Å². The quantitative estimate of drug-likeness (QED) is 0.892. The average Bonchev–Trinajstić information content (AvgIpc) is 2.86. The number of fused-ring (bicyclic) bond motifs is 3. The molecular weight excluding hydrogens is 344 g/mol. The normalized spacial score (nSPS) is 23.0. The molecule has 2 heterocycles. The van der Waals surface area contributed by atoms with Gasteiger partial charge in [0.15, 0.2) is 0 Å². The lowest BCUT2D eigenvalue weighted by Gasteiger charge is -2.17. The SMILES string of the molecule is CCN1CC[C@H]2Nc3ccc(S(=O)(=O)c4ccc(C)cc4)cc3[C@@H]2CC1. The van der Waals surface area contributed by atoms with Crippen LogP contribution in [0.25, 0.3) is 0 Å². The molecule has 0 radical (unpaired) electrons. The van der Waals surface area contributed by atoms with Gasteiger partial charge in [-0.05, 0) is 68.8 Å². The largest absolute Gasteiger partial charge is 0.381 e. The van der Waals surface area contributed by atoms with Crippen LogP contribution in [-0.4, -0.2) is 39.0 Å². The van der Waals surface area contributed by atoms with E-state index in [2.05, 4.69) is 17.1 Å². The summed E-state index contributed by atoms with van der Waals surface area (Å²) in [6.07, 6.45) is 2.18. The summed E-state index contributed by atoms with van der Waals surface area (Å²) in [5.41, 5.74) is 3.33. The first-order valence-electron chi connectivity index (χ1n) is 9.43. The zero-order valence-corrected chi connectivity index (χ0v) is 16.2. The van der Waals surface area contributed by atoms with Crippen molar-refractivity contribution in [2.45, 2.75) is 48.4 Å². The van der Waals surface area contributed by atoms with Gasteiger partial charge in [-0.15, -0.1) is 0 Å². The molecule has 1 N–H and O–H groups in total. The van der Waals surface area contributed by atoms with Crippen LogP contribution in [0.1, 0.15) is 36.8 Å². The smallest absolute Gasteiger partial charge is 0.206 e. The second-order valence-corrected chi connectivity index (χ2v) is 9.38. The van der Waals surface area contributed by atoms with Crippen LogP contribution in [0.4, 0.5) is 5.69 Å². The molecule has 4 nitrogen and oxygen atoms in total. The Balaban J connectivity index is 1.68. The molecule has 0 amide bonds. The third kappa shape index (κ3) is 3.03. The Kier molecular flexibility index (Phi) is 4.53. The Morgan fingerprint density at radius 3 is 2.46 bits per heavy atom. The zero-order valence-electron chi connectivity index (χ0n) is 15.4. The third-order valence-electron chi connectivity index (χ3n) is 5.85. The molecule has 0 aromatic heterocycles. The van der Waals surface area contributed by atoms with Crippen molar-refractivity contribution >= 4 is 15.5 Å². The van der Waals surface area contributed by atoms with Crippen molar-refractivity contribution < 1.29 is 8.42 Å². The summed E-state index contributed by atoms with van der Waals surface area (Å²) in [7, 11) is -3.48. The highest BCUT2D eigenvalue weighted by atomic mass is 32.2. The van der Waals surface area contributed by atoms with Gasteiger partial charge in [0.2, 0.25) is 9.84 Å². The Hall–Kier alpha value is -1.85. The molecule has 0 spiro atoms. The minimum absolute atomic E-state index is 0.364. The molecule has 0 unspecified atom stereocenters. The third-order valence-corrected chi connectivity index (χ3v) is 7.62. The lowest BCUT2D eigenvalue weighted by molar-refractivity contribution is 0.298. The van der Waals surface area contributed by atoms with Crippen molar-refractivity contribution in [1.29, 1.82) is 0 Å². The maximum absolute atomic E-state index is 13.0. The van der Waals surface area contributed by atoms with E-state index in [0.717, 1.165) is 43.7 Å². The number of nitrogens with one attached hydrogen (secondary N) is 1. The summed E-state index contributed by atoms with van der Waals surface area (Å²) in [6, 6.07) is 13.1. The molecular formula is C21H26N2O2S. The molecule has 4 rings (SSSR count). The zero-order chi connectivity index (χ0) is 18.3. The summed E-state index contributed by atoms with van der Waals surface area (Å²) in [5.74, 6) is 0.398. The van der Waals surface area contributed by atoms with Gasteiger partial charge in [-0.25, -0.2) is 8.42 Å². The Bertz CT molecular complexity index is 906. The number of benzene rings is 2. The van der Waals surface area contributed by atoms with Gasteiger partial charge in [-0.3, -0.25) is 0 Å². The van der Waals surface area contributed by atoms with Gasteiger partial charge < -0.3 is 10.2 Å². The van der Waals surface area contributed by atoms with E-state index >= 15 is 0 Å². The molecule has 138 valence electrons. The number of sulfone groups is 1. The maximum Gasteiger partial charge on any atom is 0.206 e. The Morgan fingerprint density at radius 2 is 1.73 bits per heavy atom. The molecule has 2 aliphatic heterocycles. The highest BCUT2D eigenvalue weighted by Crippen LogP contribution is 2.42. The van der Waals surface area contributed by atoms with E-state index in [1.165, 1.54) is 5.56 Å². The van der Waals surface area contributed by atoms with E-state index in [4.69, 9.17) is 0 Å². The van der Waals surface area contributed by atoms with Crippen molar-refractivity contribution in [3.05, 3.63) is 53.6 Å². The first-order valence-corrected chi connectivity index (χ1v) is 10.9. The van der Waals surface area contributed by atoms with Crippen molar-refractivity contribution in [2.24, 2.45) is 0 Å². The molecule has 2 atom stereocenters. The van der Waals surface area contributed by atoms with Crippen molar-refractivity contribution in [2.75, 3.05) is 25.0 Å². The summed E-state index contributed by atoms with van der Waals surface area (Å²) in [4.78, 5) is 3.25. The molecule has 1 saturated heterocycles. The van der Waals surface area contributed by atoms with Crippen LogP contribution in [-0.2, 0) is 9.84 Å². The number of hydrogen-bond acceptors (Lipinski definition) is 4. The minimum Gasteiger partial charge on any atom is -0.381 e. The summed E-state index contributed by atoms with van der Waals surface area (Å²) in [5, 5.41) is 3.63. The molecule has 2 aromatic carbocycles. The first kappa shape index (κ1) is 17.6. The molecule has 5 heteroatoms. The van der Waals surface area contributed by atoms with Crippen LogP contribution >= 0.6 is 0 Å². The van der Waals surface area contributed by atoms with Gasteiger partial charge in [-0.2, -0.15) is 0 Å². The molecule has 2 aromatic rings. The number of hydrogen-bond donors (Lipinski definition) is 1. The van der Waals surface area contributed by atoms with Crippen LogP contribution in [0.5, 0.6) is 0 Å². The average molecular weight is 371 g/mol. The van der Waals surface area contributed by atoms with Crippen LogP contribution in [0.15, 0.2) is 52.3 Å². The summed E-state index contributed by atoms with van der Waals surface area (Å²) >= 11 is 0. The van der Waals surface area contributed by atoms with Crippen LogP contribution in [0, 0.1) is 6.92 Å². The lowest BCUT2D eigenvalue weighted by atomic mass is 9.91. The van der Waals surface area contributed by atoms with Crippen LogP contribution in [0.3, 0.4) is 0 Å². The molecule has 1 fully saturated rings. The first-order chi connectivity index (χ1) is 12.5. The summed E-state index contributed by atoms with van der Waals surface area (Å²) in [6.45, 7) is 7.42. The van der Waals surface area contributed by atoms with E-state index in [1.807, 2.05) is 31.2 Å². The van der Waals surface area contributed by atoms with E-state index < -0.39 is 9.84 Å². The Labute approximate surface area is 156 Å². The van der Waals surface area contributed by atoms with E-state index in [1.54, 1.807) is 18.2 Å². The number of aryl methyl sites for hydroxylation is 1. The standard InChI is InChI=1S/C21H26N2O2S/c1-3-23-12-10-18-19-14-17(8-9-20(19)22-21(18)11-13-23)26(24,25)16-6-4-15(2)5-7-16/h4-9,14,18,21-22H,3,10-13H2,1-2H3/t18-,21+/m0/s1. The highest BCUT2D eigenvalue weighted by molar-refractivity contribution is 7.91. The van der Waals surface area contributed by atoms with Gasteiger partial charge in [-0.1, -0.05) is 24.6 Å². The van der Waals surface area contributed by atoms with Gasteiger partial charge in [0.1, 0.15) is 0 Å². The highest BCUT2D eigenvalue weighted by Gasteiger charge is 2.35. The Morgan fingerprint density at radius 1 is 1.04 bits per heavy atom. The molecule has 2 aliphatic rings. The predicted molar refractivity (Wildman–Crippen MR) is 105 cm³/mol. The lowest BCUT2D eigenvalue weighted by Crippen LogP contribution is -2.25. The van der Waals surface area contributed by atoms with E-state index in [-0.39, 0.29) is 0 Å². The van der Waals surface area contributed by atoms with Gasteiger partial charge in [0, 0.05) is 24.2 Å². The molecule has 0 bridgehead atoms. The molecule has 0 saturated carbocycles. The van der Waals surface area contributed by atoms with Gasteiger partial charge >= 0.3 is 0 Å². The maximum atomic E-state index is 13.0. The van der Waals surface area contributed by atoms with Crippen LogP contribution in [0.2, 0.25) is 0 Å². The number of rotatable bonds is 3. The van der Waals surface area contributed by atoms with Crippen molar-refractivity contribution in [1.82, 2.24) is 4.90 Å². The second kappa shape index (κ2) is 6.71. The van der Waals surface area contributed by atoms with Crippen LogP contribution < -0.4 is 5.32 Å². The number of anilines is 1. The number of nitrogens with zero attached hydrogens (tertiary/aromatic N) is 1. The summed E-state index contributed by atoms with van der Waals surface area (Å²) < 4.78 is 26.1.